The Kier molecular flexibility index (Phi) is 11.2. The van der Waals surface area contributed by atoms with Crippen LogP contribution in [0.15, 0.2) is 119 Å². The standard InChI is InChI=1S/C46H46N4O8S2/c1-50(34-23-31(24-35(50)44-43(34)58-44)57-45(54)46(55,38-9-5-21-59-38)39-10-6-22-60-39)20-19-41(53)48-30-13-11-28(12-14-30)25-47-26-36(51)32-15-17-37(42-33(32)16-18-40(52)49-42)56-27-29-7-3-2-4-8-29/h2-18,21-22,31,34-36,43-44,47,51,55H,19-20,23-27H2,1H3,(H-,48,49,52,53)/p+1/t31?,34?,35?,36-,43?,44?,50?/m0/s1. The highest BCUT2D eigenvalue weighted by Gasteiger charge is 2.72. The third-order valence-electron chi connectivity index (χ3n) is 12.4. The highest BCUT2D eigenvalue weighted by atomic mass is 32.1. The van der Waals surface area contributed by atoms with Crippen LogP contribution in [0.4, 0.5) is 5.69 Å². The highest BCUT2D eigenvalue weighted by molar-refractivity contribution is 7.12. The van der Waals surface area contributed by atoms with Crippen molar-refractivity contribution in [3.05, 3.63) is 151 Å². The quantitative estimate of drug-likeness (QED) is 0.0448. The van der Waals surface area contributed by atoms with E-state index in [0.29, 0.717) is 81.1 Å². The number of amides is 1. The number of rotatable bonds is 16. The molecule has 6 heterocycles. The number of aliphatic hydroxyl groups excluding tert-OH is 1. The number of thiophene rings is 2. The van der Waals surface area contributed by atoms with E-state index in [1.165, 1.54) is 28.7 Å². The Bertz CT molecular complexity index is 2460. The lowest BCUT2D eigenvalue weighted by Gasteiger charge is -2.48. The second-order valence-electron chi connectivity index (χ2n) is 16.1. The van der Waals surface area contributed by atoms with Crippen molar-refractivity contribution in [3.63, 3.8) is 0 Å². The molecule has 3 aromatic carbocycles. The normalized spacial score (nSPS) is 23.5. The number of fused-ring (bicyclic) bond motifs is 6. The van der Waals surface area contributed by atoms with Gasteiger partial charge < -0.3 is 44.5 Å². The van der Waals surface area contributed by atoms with Crippen molar-refractivity contribution in [2.24, 2.45) is 0 Å². The van der Waals surface area contributed by atoms with Crippen LogP contribution in [0.5, 0.6) is 5.75 Å². The van der Waals surface area contributed by atoms with Gasteiger partial charge in [-0.05, 0) is 63.8 Å². The van der Waals surface area contributed by atoms with E-state index in [1.54, 1.807) is 24.3 Å². The monoisotopic (exact) mass is 847 g/mol. The number of aromatic nitrogens is 1. The zero-order chi connectivity index (χ0) is 41.4. The van der Waals surface area contributed by atoms with E-state index in [4.69, 9.17) is 14.2 Å². The molecule has 14 heteroatoms. The number of piperidine rings is 1. The molecule has 3 aliphatic rings. The summed E-state index contributed by atoms with van der Waals surface area (Å²) in [6, 6.07) is 31.5. The molecule has 3 aromatic heterocycles. The molecule has 9 rings (SSSR count). The Morgan fingerprint density at radius 3 is 2.27 bits per heavy atom. The summed E-state index contributed by atoms with van der Waals surface area (Å²) in [6.45, 7) is 1.75. The first-order chi connectivity index (χ1) is 29.1. The maximum atomic E-state index is 13.7. The van der Waals surface area contributed by atoms with Crippen LogP contribution >= 0.6 is 22.7 Å². The molecule has 1 amide bonds. The molecule has 4 unspecified atom stereocenters. The highest BCUT2D eigenvalue weighted by Crippen LogP contribution is 2.53. The number of epoxide rings is 1. The summed E-state index contributed by atoms with van der Waals surface area (Å²) in [5.41, 5.74) is 1.80. The van der Waals surface area contributed by atoms with Crippen LogP contribution in [0.2, 0.25) is 0 Å². The summed E-state index contributed by atoms with van der Waals surface area (Å²) in [6.07, 6.45) is 0.505. The van der Waals surface area contributed by atoms with E-state index in [9.17, 15) is 24.6 Å². The zero-order valence-corrected chi connectivity index (χ0v) is 34.6. The minimum absolute atomic E-state index is 0.0760. The van der Waals surface area contributed by atoms with Crippen LogP contribution < -0.4 is 20.9 Å². The Labute approximate surface area is 355 Å². The van der Waals surface area contributed by atoms with Gasteiger partial charge in [-0.25, -0.2) is 4.79 Å². The van der Waals surface area contributed by atoms with Gasteiger partial charge in [0.1, 0.15) is 42.8 Å². The van der Waals surface area contributed by atoms with E-state index >= 15 is 0 Å². The van der Waals surface area contributed by atoms with Crippen LogP contribution in [-0.4, -0.2) is 82.1 Å². The average Bonchev–Trinajstić information content (AvgIpc) is 3.53. The number of pyridine rings is 1. The number of nitrogens with one attached hydrogen (secondary N) is 3. The third-order valence-corrected chi connectivity index (χ3v) is 14.3. The van der Waals surface area contributed by atoms with E-state index in [2.05, 4.69) is 22.7 Å². The van der Waals surface area contributed by atoms with Crippen LogP contribution in [0, 0.1) is 0 Å². The Morgan fingerprint density at radius 1 is 0.900 bits per heavy atom. The average molecular weight is 848 g/mol. The number of benzene rings is 3. The van der Waals surface area contributed by atoms with Crippen molar-refractivity contribution >= 4 is 51.1 Å². The molecule has 0 aliphatic carbocycles. The summed E-state index contributed by atoms with van der Waals surface area (Å²) >= 11 is 2.65. The third kappa shape index (κ3) is 7.92. The van der Waals surface area contributed by atoms with Gasteiger partial charge in [-0.1, -0.05) is 60.7 Å². The number of morpholine rings is 1. The number of carbonyl (C=O) groups excluding carboxylic acids is 2. The minimum atomic E-state index is -1.85. The van der Waals surface area contributed by atoms with Crippen LogP contribution in [-0.2, 0) is 37.8 Å². The summed E-state index contributed by atoms with van der Waals surface area (Å²) in [7, 11) is 2.18. The molecule has 6 aromatic rings. The van der Waals surface area contributed by atoms with Gasteiger partial charge >= 0.3 is 5.97 Å². The fourth-order valence-corrected chi connectivity index (χ4v) is 10.9. The summed E-state index contributed by atoms with van der Waals surface area (Å²) in [5.74, 6) is -0.193. The second kappa shape index (κ2) is 16.7. The number of anilines is 1. The number of ether oxygens (including phenoxy) is 3. The fraction of sp³-hybridized carbons (Fsp3) is 0.326. The molecular weight excluding hydrogens is 801 g/mol. The number of aliphatic hydroxyl groups is 2. The molecule has 12 nitrogen and oxygen atoms in total. The van der Waals surface area contributed by atoms with Gasteiger partial charge in [0, 0.05) is 43.1 Å². The lowest BCUT2D eigenvalue weighted by molar-refractivity contribution is -0.955. The zero-order valence-electron chi connectivity index (χ0n) is 33.0. The predicted molar refractivity (Wildman–Crippen MR) is 230 cm³/mol. The van der Waals surface area contributed by atoms with Crippen molar-refractivity contribution in [1.82, 2.24) is 10.3 Å². The number of H-pyrrole nitrogens is 1. The molecular formula is C46H47N4O8S2+. The second-order valence-corrected chi connectivity index (χ2v) is 18.0. The van der Waals surface area contributed by atoms with Crippen molar-refractivity contribution < 1.29 is 38.5 Å². The molecule has 0 radical (unpaired) electrons. The first-order valence-corrected chi connectivity index (χ1v) is 22.0. The van der Waals surface area contributed by atoms with Crippen molar-refractivity contribution in [2.75, 3.05) is 25.5 Å². The Morgan fingerprint density at radius 2 is 1.60 bits per heavy atom. The number of nitrogens with zero attached hydrogens (tertiary/aromatic N) is 1. The number of esters is 1. The summed E-state index contributed by atoms with van der Waals surface area (Å²) in [5, 5.41) is 33.7. The number of hydrogen-bond acceptors (Lipinski definition) is 11. The number of carbonyl (C=O) groups is 2. The van der Waals surface area contributed by atoms with Gasteiger partial charge in [0.2, 0.25) is 17.1 Å². The molecule has 310 valence electrons. The number of quaternary nitrogens is 1. The smallest absolute Gasteiger partial charge is 0.349 e. The van der Waals surface area contributed by atoms with E-state index in [-0.39, 0.29) is 48.4 Å². The number of aromatic amines is 1. The van der Waals surface area contributed by atoms with Crippen LogP contribution in [0.25, 0.3) is 10.9 Å². The topological polar surface area (TPSA) is 163 Å². The number of likely N-dealkylation sites (N-methyl/N-ethyl adjacent to an activating group) is 1. The maximum absolute atomic E-state index is 13.7. The predicted octanol–water partition coefficient (Wildman–Crippen LogP) is 5.99. The SMILES string of the molecule is C[N+]1(CCC(=O)Nc2ccc(CNC[C@H](O)c3ccc(OCc4ccccc4)c4[nH]c(=O)ccc34)cc2)C2CC(OC(=O)C(O)(c3cccs3)c3cccs3)CC1C1OC12. The molecule has 3 aliphatic heterocycles. The molecule has 0 saturated carbocycles. The minimum Gasteiger partial charge on any atom is -0.487 e. The first-order valence-electron chi connectivity index (χ1n) is 20.2. The van der Waals surface area contributed by atoms with E-state index in [0.717, 1.165) is 11.1 Å². The van der Waals surface area contributed by atoms with Crippen molar-refractivity contribution in [3.8, 4) is 5.75 Å². The molecule has 60 heavy (non-hydrogen) atoms. The molecule has 0 spiro atoms. The lowest BCUT2D eigenvalue weighted by atomic mass is 9.94. The number of hydrogen-bond donors (Lipinski definition) is 5. The maximum Gasteiger partial charge on any atom is 0.349 e. The van der Waals surface area contributed by atoms with Crippen LogP contribution in [0.3, 0.4) is 0 Å². The summed E-state index contributed by atoms with van der Waals surface area (Å²) < 4.78 is 18.9. The van der Waals surface area contributed by atoms with Gasteiger partial charge in [0.15, 0.2) is 0 Å². The Hall–Kier alpha value is -5.19. The Balaban J connectivity index is 0.756. The van der Waals surface area contributed by atoms with Gasteiger partial charge in [0.25, 0.3) is 0 Å². The van der Waals surface area contributed by atoms with E-state index in [1.807, 2.05) is 83.6 Å². The largest absolute Gasteiger partial charge is 0.487 e. The van der Waals surface area contributed by atoms with E-state index < -0.39 is 17.7 Å². The van der Waals surface area contributed by atoms with Gasteiger partial charge in [-0.15, -0.1) is 22.7 Å². The fourth-order valence-electron chi connectivity index (χ4n) is 9.14. The molecule has 3 fully saturated rings. The van der Waals surface area contributed by atoms with Gasteiger partial charge in [0.05, 0.1) is 41.4 Å². The summed E-state index contributed by atoms with van der Waals surface area (Å²) in [4.78, 5) is 43.1. The molecule has 5 atom stereocenters. The van der Waals surface area contributed by atoms with Crippen molar-refractivity contribution in [1.29, 1.82) is 0 Å². The van der Waals surface area contributed by atoms with Crippen molar-refractivity contribution in [2.45, 2.75) is 74.5 Å². The first kappa shape index (κ1) is 40.2. The van der Waals surface area contributed by atoms with Gasteiger partial charge in [-0.2, -0.15) is 0 Å². The van der Waals surface area contributed by atoms with Crippen LogP contribution in [0.1, 0.15) is 51.8 Å². The van der Waals surface area contributed by atoms with Gasteiger partial charge in [-0.3, -0.25) is 9.59 Å². The molecule has 5 N–H and O–H groups in total. The lowest BCUT2D eigenvalue weighted by Crippen LogP contribution is -2.63. The molecule has 2 bridgehead atoms. The molecule has 3 saturated heterocycles.